The Hall–Kier alpha value is -1.71. The molecule has 0 aliphatic carbocycles. The maximum atomic E-state index is 10.6. The van der Waals surface area contributed by atoms with Crippen LogP contribution < -0.4 is 9.47 Å². The molecule has 0 amide bonds. The number of aromatic hydroxyl groups is 1. The van der Waals surface area contributed by atoms with Crippen molar-refractivity contribution in [1.29, 1.82) is 0 Å². The van der Waals surface area contributed by atoms with Gasteiger partial charge in [-0.25, -0.2) is 0 Å². The number of methoxy groups -OCH3 is 1. The van der Waals surface area contributed by atoms with Crippen molar-refractivity contribution in [2.75, 3.05) is 7.11 Å². The Labute approximate surface area is 88.4 Å². The van der Waals surface area contributed by atoms with Gasteiger partial charge in [0.2, 0.25) is 5.75 Å². The lowest BCUT2D eigenvalue weighted by molar-refractivity contribution is 0.111. The van der Waals surface area contributed by atoms with Gasteiger partial charge in [0.1, 0.15) is 0 Å². The summed E-state index contributed by atoms with van der Waals surface area (Å²) in [6.07, 6.45) is 0.466. The van der Waals surface area contributed by atoms with E-state index in [2.05, 4.69) is 0 Å². The van der Waals surface area contributed by atoms with Crippen LogP contribution in [0.25, 0.3) is 0 Å². The number of benzene rings is 1. The summed E-state index contributed by atoms with van der Waals surface area (Å²) in [6.45, 7) is 3.65. The third-order valence-corrected chi connectivity index (χ3v) is 1.83. The van der Waals surface area contributed by atoms with E-state index in [-0.39, 0.29) is 23.2 Å². The maximum absolute atomic E-state index is 10.6. The quantitative estimate of drug-likeness (QED) is 0.772. The largest absolute Gasteiger partial charge is 0.504 e. The Kier molecular flexibility index (Phi) is 3.55. The molecule has 1 aromatic carbocycles. The van der Waals surface area contributed by atoms with Crippen molar-refractivity contribution in [3.8, 4) is 17.2 Å². The maximum Gasteiger partial charge on any atom is 0.204 e. The summed E-state index contributed by atoms with van der Waals surface area (Å²) < 4.78 is 10.4. The van der Waals surface area contributed by atoms with E-state index in [0.717, 1.165) is 0 Å². The van der Waals surface area contributed by atoms with Gasteiger partial charge >= 0.3 is 0 Å². The molecule has 1 rings (SSSR count). The van der Waals surface area contributed by atoms with Crippen molar-refractivity contribution < 1.29 is 19.4 Å². The van der Waals surface area contributed by atoms with E-state index in [1.807, 2.05) is 13.8 Å². The normalized spacial score (nSPS) is 10.1. The minimum Gasteiger partial charge on any atom is -0.504 e. The Morgan fingerprint density at radius 1 is 1.40 bits per heavy atom. The highest BCUT2D eigenvalue weighted by Gasteiger charge is 2.15. The monoisotopic (exact) mass is 210 g/mol. The molecular formula is C11H14O4. The van der Waals surface area contributed by atoms with Crippen LogP contribution in [0.2, 0.25) is 0 Å². The predicted molar refractivity (Wildman–Crippen MR) is 55.8 cm³/mol. The molecule has 4 heteroatoms. The highest BCUT2D eigenvalue weighted by molar-refractivity contribution is 5.82. The summed E-state index contributed by atoms with van der Waals surface area (Å²) in [5.74, 6) is 0.432. The van der Waals surface area contributed by atoms with E-state index in [0.29, 0.717) is 12.0 Å². The van der Waals surface area contributed by atoms with E-state index in [9.17, 15) is 9.90 Å². The first-order valence-corrected chi connectivity index (χ1v) is 4.62. The lowest BCUT2D eigenvalue weighted by Crippen LogP contribution is -2.07. The molecule has 1 N–H and O–H groups in total. The van der Waals surface area contributed by atoms with Gasteiger partial charge in [0, 0.05) is 0 Å². The number of rotatable bonds is 4. The number of aldehydes is 1. The van der Waals surface area contributed by atoms with Gasteiger partial charge in [0.25, 0.3) is 0 Å². The van der Waals surface area contributed by atoms with Gasteiger partial charge in [-0.05, 0) is 26.0 Å². The zero-order valence-corrected chi connectivity index (χ0v) is 8.98. The van der Waals surface area contributed by atoms with Gasteiger partial charge < -0.3 is 14.6 Å². The summed E-state index contributed by atoms with van der Waals surface area (Å²) in [7, 11) is 1.47. The second kappa shape index (κ2) is 4.68. The molecule has 0 bridgehead atoms. The van der Waals surface area contributed by atoms with E-state index in [1.54, 1.807) is 6.07 Å². The topological polar surface area (TPSA) is 55.8 Å². The van der Waals surface area contributed by atoms with Crippen molar-refractivity contribution in [2.24, 2.45) is 0 Å². The second-order valence-corrected chi connectivity index (χ2v) is 3.32. The first kappa shape index (κ1) is 11.4. The number of carbonyl (C=O) groups excluding carboxylic acids is 1. The first-order valence-electron chi connectivity index (χ1n) is 4.62. The van der Waals surface area contributed by atoms with Gasteiger partial charge in [-0.15, -0.1) is 0 Å². The van der Waals surface area contributed by atoms with Crippen LogP contribution >= 0.6 is 0 Å². The number of phenolic OH excluding ortho intramolecular Hbond substituents is 1. The Morgan fingerprint density at radius 3 is 2.53 bits per heavy atom. The van der Waals surface area contributed by atoms with Gasteiger partial charge in [-0.3, -0.25) is 4.79 Å². The molecule has 0 atom stereocenters. The van der Waals surface area contributed by atoms with Gasteiger partial charge in [-0.2, -0.15) is 0 Å². The van der Waals surface area contributed by atoms with E-state index >= 15 is 0 Å². The summed E-state index contributed by atoms with van der Waals surface area (Å²) in [5.41, 5.74) is 0.187. The zero-order valence-electron chi connectivity index (χ0n) is 8.98. The number of hydrogen-bond acceptors (Lipinski definition) is 4. The molecular weight excluding hydrogens is 196 g/mol. The summed E-state index contributed by atoms with van der Waals surface area (Å²) in [4.78, 5) is 10.6. The molecule has 0 heterocycles. The number of hydrogen-bond donors (Lipinski definition) is 1. The number of carbonyl (C=O) groups is 1. The molecule has 0 unspecified atom stereocenters. The lowest BCUT2D eigenvalue weighted by Gasteiger charge is -2.15. The van der Waals surface area contributed by atoms with Gasteiger partial charge in [0.15, 0.2) is 17.8 Å². The number of phenols is 1. The summed E-state index contributed by atoms with van der Waals surface area (Å²) in [5, 5.41) is 9.71. The van der Waals surface area contributed by atoms with Crippen LogP contribution in [0.4, 0.5) is 0 Å². The van der Waals surface area contributed by atoms with Crippen LogP contribution in [0.15, 0.2) is 12.1 Å². The molecule has 15 heavy (non-hydrogen) atoms. The first-order chi connectivity index (χ1) is 7.10. The van der Waals surface area contributed by atoms with Crippen molar-refractivity contribution in [3.63, 3.8) is 0 Å². The Balaban J connectivity index is 3.22. The average molecular weight is 210 g/mol. The van der Waals surface area contributed by atoms with E-state index < -0.39 is 0 Å². The number of ether oxygens (including phenoxy) is 2. The molecule has 0 spiro atoms. The SMILES string of the molecule is COc1ccc(C=O)c(O)c1OC(C)C. The molecule has 0 aromatic heterocycles. The minimum absolute atomic E-state index is 0.105. The molecule has 0 fully saturated rings. The van der Waals surface area contributed by atoms with Crippen molar-refractivity contribution in [1.82, 2.24) is 0 Å². The predicted octanol–water partition coefficient (Wildman–Crippen LogP) is 2.00. The highest BCUT2D eigenvalue weighted by Crippen LogP contribution is 2.39. The van der Waals surface area contributed by atoms with Crippen molar-refractivity contribution >= 4 is 6.29 Å². The molecule has 4 nitrogen and oxygen atoms in total. The Bertz CT molecular complexity index is 358. The fourth-order valence-electron chi connectivity index (χ4n) is 1.17. The van der Waals surface area contributed by atoms with Crippen LogP contribution in [0.1, 0.15) is 24.2 Å². The molecule has 82 valence electrons. The molecule has 0 radical (unpaired) electrons. The summed E-state index contributed by atoms with van der Waals surface area (Å²) >= 11 is 0. The summed E-state index contributed by atoms with van der Waals surface area (Å²) in [6, 6.07) is 3.06. The smallest absolute Gasteiger partial charge is 0.204 e. The average Bonchev–Trinajstić information content (AvgIpc) is 2.20. The third-order valence-electron chi connectivity index (χ3n) is 1.83. The van der Waals surface area contributed by atoms with Crippen LogP contribution in [-0.2, 0) is 0 Å². The van der Waals surface area contributed by atoms with E-state index in [4.69, 9.17) is 9.47 Å². The zero-order chi connectivity index (χ0) is 11.4. The second-order valence-electron chi connectivity index (χ2n) is 3.32. The molecule has 1 aromatic rings. The molecule has 0 aliphatic rings. The van der Waals surface area contributed by atoms with Gasteiger partial charge in [0.05, 0.1) is 18.8 Å². The highest BCUT2D eigenvalue weighted by atomic mass is 16.5. The minimum atomic E-state index is -0.182. The van der Waals surface area contributed by atoms with E-state index in [1.165, 1.54) is 13.2 Å². The molecule has 0 aliphatic heterocycles. The van der Waals surface area contributed by atoms with Crippen LogP contribution in [0.5, 0.6) is 17.2 Å². The molecule has 0 saturated carbocycles. The lowest BCUT2D eigenvalue weighted by atomic mass is 10.2. The third kappa shape index (κ3) is 2.40. The Morgan fingerprint density at radius 2 is 2.07 bits per heavy atom. The van der Waals surface area contributed by atoms with Gasteiger partial charge in [-0.1, -0.05) is 0 Å². The standard InChI is InChI=1S/C11H14O4/c1-7(2)15-11-9(14-3)5-4-8(6-12)10(11)13/h4-7,13H,1-3H3. The fourth-order valence-corrected chi connectivity index (χ4v) is 1.17. The van der Waals surface area contributed by atoms with Crippen LogP contribution in [0.3, 0.4) is 0 Å². The van der Waals surface area contributed by atoms with Crippen molar-refractivity contribution in [3.05, 3.63) is 17.7 Å². The van der Waals surface area contributed by atoms with Crippen LogP contribution in [0, 0.1) is 0 Å². The fraction of sp³-hybridized carbons (Fsp3) is 0.364. The van der Waals surface area contributed by atoms with Crippen LogP contribution in [-0.4, -0.2) is 24.6 Å². The molecule has 0 saturated heterocycles. The van der Waals surface area contributed by atoms with Crippen molar-refractivity contribution in [2.45, 2.75) is 20.0 Å².